The Hall–Kier alpha value is -4.64. The molecule has 0 radical (unpaired) electrons. The van der Waals surface area contributed by atoms with E-state index in [1.807, 2.05) is 6.07 Å². The van der Waals surface area contributed by atoms with Gasteiger partial charge in [0, 0.05) is 20.9 Å². The van der Waals surface area contributed by atoms with Gasteiger partial charge in [0.2, 0.25) is 5.71 Å². The van der Waals surface area contributed by atoms with Gasteiger partial charge in [-0.2, -0.15) is 0 Å². The second-order valence-electron chi connectivity index (χ2n) is 10.7. The average molecular weight is 621 g/mol. The SMILES string of the molecule is Brc1ccc([Si](c2ccccc2)(c2ccccc2)c2ccc(-n3c4ccccc4c4c5ccccc5oc43)cc2)cc1. The van der Waals surface area contributed by atoms with Crippen LogP contribution in [-0.2, 0) is 0 Å². The van der Waals surface area contributed by atoms with Crippen LogP contribution in [0.4, 0.5) is 0 Å². The molecular weight excluding hydrogens is 594 g/mol. The van der Waals surface area contributed by atoms with Crippen molar-refractivity contribution < 1.29 is 4.42 Å². The summed E-state index contributed by atoms with van der Waals surface area (Å²) in [7, 11) is -2.62. The van der Waals surface area contributed by atoms with Crippen molar-refractivity contribution in [1.29, 1.82) is 0 Å². The third-order valence-electron chi connectivity index (χ3n) is 8.44. The lowest BCUT2D eigenvalue weighted by atomic mass is 10.1. The van der Waals surface area contributed by atoms with Gasteiger partial charge >= 0.3 is 0 Å². The van der Waals surface area contributed by atoms with Crippen molar-refractivity contribution in [3.63, 3.8) is 0 Å². The van der Waals surface area contributed by atoms with E-state index in [-0.39, 0.29) is 0 Å². The fourth-order valence-corrected chi connectivity index (χ4v) is 11.6. The van der Waals surface area contributed by atoms with Gasteiger partial charge in [0.05, 0.1) is 10.9 Å². The second-order valence-corrected chi connectivity index (χ2v) is 15.4. The van der Waals surface area contributed by atoms with Gasteiger partial charge in [-0.3, -0.25) is 4.57 Å². The van der Waals surface area contributed by atoms with Crippen molar-refractivity contribution in [2.24, 2.45) is 0 Å². The van der Waals surface area contributed by atoms with Crippen LogP contribution in [0.25, 0.3) is 38.7 Å². The third kappa shape index (κ3) is 3.76. The number of aromatic nitrogens is 1. The maximum Gasteiger partial charge on any atom is 0.213 e. The molecule has 200 valence electrons. The highest BCUT2D eigenvalue weighted by Crippen LogP contribution is 2.38. The van der Waals surface area contributed by atoms with Gasteiger partial charge in [-0.05, 0) is 57.1 Å². The normalized spacial score (nSPS) is 11.9. The molecule has 0 aliphatic carbocycles. The molecular formula is C38H26BrNOSi. The summed E-state index contributed by atoms with van der Waals surface area (Å²) < 4.78 is 9.86. The predicted octanol–water partition coefficient (Wildman–Crippen LogP) is 7.67. The minimum atomic E-state index is -2.62. The molecule has 4 heteroatoms. The minimum Gasteiger partial charge on any atom is -0.439 e. The summed E-state index contributed by atoms with van der Waals surface area (Å²) in [6.07, 6.45) is 0. The van der Waals surface area contributed by atoms with Crippen LogP contribution in [-0.4, -0.2) is 12.6 Å². The number of furan rings is 1. The van der Waals surface area contributed by atoms with Gasteiger partial charge < -0.3 is 4.42 Å². The molecule has 0 aliphatic rings. The van der Waals surface area contributed by atoms with Crippen LogP contribution in [0.3, 0.4) is 0 Å². The van der Waals surface area contributed by atoms with Crippen LogP contribution in [0.5, 0.6) is 0 Å². The topological polar surface area (TPSA) is 18.1 Å². The molecule has 2 heterocycles. The summed E-state index contributed by atoms with van der Waals surface area (Å²) >= 11 is 3.67. The van der Waals surface area contributed by atoms with Gasteiger partial charge in [-0.1, -0.05) is 137 Å². The molecule has 8 aromatic rings. The third-order valence-corrected chi connectivity index (χ3v) is 13.8. The predicted molar refractivity (Wildman–Crippen MR) is 182 cm³/mol. The van der Waals surface area contributed by atoms with E-state index < -0.39 is 8.07 Å². The first kappa shape index (κ1) is 25.1. The number of fused-ring (bicyclic) bond motifs is 5. The molecule has 6 aromatic carbocycles. The van der Waals surface area contributed by atoms with Crippen LogP contribution < -0.4 is 20.7 Å². The number of hydrogen-bond donors (Lipinski definition) is 0. The molecule has 2 nitrogen and oxygen atoms in total. The van der Waals surface area contributed by atoms with E-state index in [4.69, 9.17) is 4.42 Å². The van der Waals surface area contributed by atoms with E-state index in [1.165, 1.54) is 26.1 Å². The molecule has 0 N–H and O–H groups in total. The van der Waals surface area contributed by atoms with Gasteiger partial charge in [0.1, 0.15) is 5.58 Å². The first-order valence-electron chi connectivity index (χ1n) is 14.1. The lowest BCUT2D eigenvalue weighted by Gasteiger charge is -2.34. The number of para-hydroxylation sites is 2. The standard InChI is InChI=1S/C38H26BrNOSi/c39-27-19-23-31(24-20-27)42(29-11-3-1-4-12-29,30-13-5-2-6-14-30)32-25-21-28(22-26-32)40-35-17-9-7-15-33(35)37-34-16-8-10-18-36(34)41-38(37)40/h1-26H. The zero-order chi connectivity index (χ0) is 28.1. The maximum absolute atomic E-state index is 6.51. The Balaban J connectivity index is 1.39. The molecule has 0 saturated heterocycles. The number of benzene rings is 6. The summed E-state index contributed by atoms with van der Waals surface area (Å²) in [5.74, 6) is 0. The van der Waals surface area contributed by atoms with Gasteiger partial charge in [0.25, 0.3) is 0 Å². The van der Waals surface area contributed by atoms with Crippen LogP contribution in [0.15, 0.2) is 167 Å². The Morgan fingerprint density at radius 1 is 0.476 bits per heavy atom. The average Bonchev–Trinajstić information content (AvgIpc) is 3.58. The van der Waals surface area contributed by atoms with Crippen molar-refractivity contribution in [2.75, 3.05) is 0 Å². The van der Waals surface area contributed by atoms with Gasteiger partial charge in [-0.25, -0.2) is 0 Å². The lowest BCUT2D eigenvalue weighted by molar-refractivity contribution is 0.645. The molecule has 0 aliphatic heterocycles. The van der Waals surface area contributed by atoms with E-state index in [2.05, 4.69) is 172 Å². The van der Waals surface area contributed by atoms with Crippen molar-refractivity contribution >= 4 is 77.7 Å². The number of hydrogen-bond acceptors (Lipinski definition) is 1. The summed E-state index contributed by atoms with van der Waals surface area (Å²) in [4.78, 5) is 0. The van der Waals surface area contributed by atoms with Crippen molar-refractivity contribution in [3.05, 3.63) is 162 Å². The fraction of sp³-hybridized carbons (Fsp3) is 0. The van der Waals surface area contributed by atoms with Gasteiger partial charge in [-0.15, -0.1) is 0 Å². The smallest absolute Gasteiger partial charge is 0.213 e. The Kier molecular flexibility index (Phi) is 5.99. The zero-order valence-electron chi connectivity index (χ0n) is 22.7. The molecule has 0 bridgehead atoms. The maximum atomic E-state index is 6.51. The highest BCUT2D eigenvalue weighted by Gasteiger charge is 2.41. The van der Waals surface area contributed by atoms with Crippen LogP contribution >= 0.6 is 15.9 Å². The highest BCUT2D eigenvalue weighted by atomic mass is 79.9. The zero-order valence-corrected chi connectivity index (χ0v) is 25.3. The van der Waals surface area contributed by atoms with Crippen LogP contribution in [0.2, 0.25) is 0 Å². The first-order valence-corrected chi connectivity index (χ1v) is 16.9. The summed E-state index contributed by atoms with van der Waals surface area (Å²) in [5, 5.41) is 8.92. The Bertz CT molecular complexity index is 2140. The van der Waals surface area contributed by atoms with Crippen molar-refractivity contribution in [3.8, 4) is 5.69 Å². The second kappa shape index (κ2) is 10.0. The molecule has 0 unspecified atom stereocenters. The summed E-state index contributed by atoms with van der Waals surface area (Å²) in [5.41, 5.74) is 4.03. The fourth-order valence-electron chi connectivity index (χ4n) is 6.63. The number of halogens is 1. The quantitative estimate of drug-likeness (QED) is 0.143. The summed E-state index contributed by atoms with van der Waals surface area (Å²) in [6.45, 7) is 0. The van der Waals surface area contributed by atoms with Crippen LogP contribution in [0.1, 0.15) is 0 Å². The molecule has 42 heavy (non-hydrogen) atoms. The number of nitrogens with zero attached hydrogens (tertiary/aromatic N) is 1. The first-order chi connectivity index (χ1) is 20.7. The van der Waals surface area contributed by atoms with Crippen LogP contribution in [0, 0.1) is 0 Å². The molecule has 0 amide bonds. The molecule has 0 spiro atoms. The monoisotopic (exact) mass is 619 g/mol. The Morgan fingerprint density at radius 2 is 0.976 bits per heavy atom. The van der Waals surface area contributed by atoms with E-state index >= 15 is 0 Å². The van der Waals surface area contributed by atoms with E-state index in [0.29, 0.717) is 0 Å². The minimum absolute atomic E-state index is 0.882. The number of rotatable bonds is 5. The van der Waals surface area contributed by atoms with Crippen molar-refractivity contribution in [2.45, 2.75) is 0 Å². The molecule has 0 fully saturated rings. The van der Waals surface area contributed by atoms with E-state index in [0.717, 1.165) is 37.7 Å². The largest absolute Gasteiger partial charge is 0.439 e. The van der Waals surface area contributed by atoms with E-state index in [9.17, 15) is 0 Å². The Morgan fingerprint density at radius 3 is 1.62 bits per heavy atom. The Labute approximate surface area is 253 Å². The molecule has 8 rings (SSSR count). The molecule has 0 saturated carbocycles. The van der Waals surface area contributed by atoms with Crippen molar-refractivity contribution in [1.82, 2.24) is 4.57 Å². The summed E-state index contributed by atoms with van der Waals surface area (Å²) in [6, 6.07) is 57.1. The highest BCUT2D eigenvalue weighted by molar-refractivity contribution is 9.10. The lowest BCUT2D eigenvalue weighted by Crippen LogP contribution is -2.74. The van der Waals surface area contributed by atoms with E-state index in [1.54, 1.807) is 0 Å². The molecule has 2 aromatic heterocycles. The van der Waals surface area contributed by atoms with Gasteiger partial charge in [0.15, 0.2) is 8.07 Å². The molecule has 0 atom stereocenters.